The number of hydrogen-bond acceptors (Lipinski definition) is 2. The zero-order valence-corrected chi connectivity index (χ0v) is 11.1. The van der Waals surface area contributed by atoms with E-state index in [0.29, 0.717) is 0 Å². The summed E-state index contributed by atoms with van der Waals surface area (Å²) < 4.78 is 0. The van der Waals surface area contributed by atoms with Crippen molar-refractivity contribution in [3.05, 3.63) is 29.8 Å². The largest absolute Gasteiger partial charge is 0.349 e. The SMILES string of the molecule is CSc1ccc([C@H](C)NC(=O)C(C)C)cc1. The lowest BCUT2D eigenvalue weighted by Crippen LogP contribution is -2.30. The second kappa shape index (κ2) is 5.94. The molecule has 0 heterocycles. The average Bonchev–Trinajstić information content (AvgIpc) is 2.28. The van der Waals surface area contributed by atoms with Crippen molar-refractivity contribution in [3.8, 4) is 0 Å². The van der Waals surface area contributed by atoms with Crippen LogP contribution in [0.25, 0.3) is 0 Å². The third kappa shape index (κ3) is 3.56. The number of thioether (sulfide) groups is 1. The Labute approximate surface area is 102 Å². The molecule has 1 amide bonds. The van der Waals surface area contributed by atoms with Crippen molar-refractivity contribution in [1.82, 2.24) is 5.32 Å². The normalized spacial score (nSPS) is 12.6. The second-order valence-corrected chi connectivity index (χ2v) is 5.04. The van der Waals surface area contributed by atoms with Gasteiger partial charge in [0.15, 0.2) is 0 Å². The lowest BCUT2D eigenvalue weighted by Gasteiger charge is -2.16. The van der Waals surface area contributed by atoms with Gasteiger partial charge in [-0.3, -0.25) is 4.79 Å². The molecular formula is C13H19NOS. The molecule has 1 rings (SSSR count). The van der Waals surface area contributed by atoms with Crippen molar-refractivity contribution in [2.24, 2.45) is 5.92 Å². The van der Waals surface area contributed by atoms with Crippen molar-refractivity contribution in [2.45, 2.75) is 31.7 Å². The molecule has 0 saturated heterocycles. The van der Waals surface area contributed by atoms with Crippen molar-refractivity contribution >= 4 is 17.7 Å². The first-order chi connectivity index (χ1) is 7.54. The molecule has 0 aromatic heterocycles. The molecule has 1 aromatic carbocycles. The second-order valence-electron chi connectivity index (χ2n) is 4.16. The summed E-state index contributed by atoms with van der Waals surface area (Å²) in [5.74, 6) is 0.134. The predicted molar refractivity (Wildman–Crippen MR) is 69.6 cm³/mol. The predicted octanol–water partition coefficient (Wildman–Crippen LogP) is 3.24. The van der Waals surface area contributed by atoms with Gasteiger partial charge in [0.2, 0.25) is 5.91 Å². The van der Waals surface area contributed by atoms with Crippen LogP contribution in [0.5, 0.6) is 0 Å². The van der Waals surface area contributed by atoms with E-state index in [9.17, 15) is 4.79 Å². The molecular weight excluding hydrogens is 218 g/mol. The molecule has 88 valence electrons. The fourth-order valence-electron chi connectivity index (χ4n) is 1.36. The number of benzene rings is 1. The van der Waals surface area contributed by atoms with Crippen LogP contribution in [0, 0.1) is 5.92 Å². The van der Waals surface area contributed by atoms with Gasteiger partial charge in [0.25, 0.3) is 0 Å². The monoisotopic (exact) mass is 237 g/mol. The lowest BCUT2D eigenvalue weighted by atomic mass is 10.1. The first kappa shape index (κ1) is 13.1. The maximum Gasteiger partial charge on any atom is 0.223 e. The van der Waals surface area contributed by atoms with E-state index in [1.54, 1.807) is 11.8 Å². The maximum atomic E-state index is 11.5. The van der Waals surface area contributed by atoms with Crippen LogP contribution >= 0.6 is 11.8 Å². The van der Waals surface area contributed by atoms with Crippen molar-refractivity contribution in [2.75, 3.05) is 6.26 Å². The van der Waals surface area contributed by atoms with E-state index in [0.717, 1.165) is 5.56 Å². The number of hydrogen-bond donors (Lipinski definition) is 1. The zero-order valence-electron chi connectivity index (χ0n) is 10.3. The van der Waals surface area contributed by atoms with Crippen LogP contribution in [0.4, 0.5) is 0 Å². The molecule has 0 fully saturated rings. The van der Waals surface area contributed by atoms with Crippen LogP contribution in [-0.2, 0) is 4.79 Å². The van der Waals surface area contributed by atoms with E-state index in [4.69, 9.17) is 0 Å². The summed E-state index contributed by atoms with van der Waals surface area (Å²) in [5.41, 5.74) is 1.15. The Balaban J connectivity index is 2.65. The van der Waals surface area contributed by atoms with E-state index >= 15 is 0 Å². The molecule has 0 saturated carbocycles. The summed E-state index contributed by atoms with van der Waals surface area (Å²) in [6.45, 7) is 5.81. The summed E-state index contributed by atoms with van der Waals surface area (Å²) in [7, 11) is 0. The molecule has 0 bridgehead atoms. The lowest BCUT2D eigenvalue weighted by molar-refractivity contribution is -0.124. The maximum absolute atomic E-state index is 11.5. The highest BCUT2D eigenvalue weighted by Crippen LogP contribution is 2.19. The van der Waals surface area contributed by atoms with Gasteiger partial charge in [-0.1, -0.05) is 26.0 Å². The van der Waals surface area contributed by atoms with E-state index in [-0.39, 0.29) is 17.9 Å². The van der Waals surface area contributed by atoms with E-state index in [1.165, 1.54) is 4.90 Å². The molecule has 3 heteroatoms. The minimum atomic E-state index is 0.0351. The van der Waals surface area contributed by atoms with E-state index < -0.39 is 0 Å². The summed E-state index contributed by atoms with van der Waals surface area (Å²) in [5, 5.41) is 2.99. The molecule has 0 unspecified atom stereocenters. The highest BCUT2D eigenvalue weighted by Gasteiger charge is 2.11. The Hall–Kier alpha value is -0.960. The quantitative estimate of drug-likeness (QED) is 0.815. The Bertz CT molecular complexity index is 345. The van der Waals surface area contributed by atoms with Gasteiger partial charge in [-0.05, 0) is 30.9 Å². The summed E-state index contributed by atoms with van der Waals surface area (Å²) in [6.07, 6.45) is 2.05. The first-order valence-corrected chi connectivity index (χ1v) is 6.71. The molecule has 1 N–H and O–H groups in total. The fourth-order valence-corrected chi connectivity index (χ4v) is 1.76. The Morgan fingerprint density at radius 3 is 2.19 bits per heavy atom. The van der Waals surface area contributed by atoms with Crippen LogP contribution in [0.15, 0.2) is 29.2 Å². The van der Waals surface area contributed by atoms with Crippen molar-refractivity contribution in [3.63, 3.8) is 0 Å². The fraction of sp³-hybridized carbons (Fsp3) is 0.462. The minimum absolute atomic E-state index is 0.0351. The minimum Gasteiger partial charge on any atom is -0.349 e. The number of nitrogens with one attached hydrogen (secondary N) is 1. The molecule has 0 spiro atoms. The molecule has 0 aliphatic heterocycles. The molecule has 1 aromatic rings. The zero-order chi connectivity index (χ0) is 12.1. The van der Waals surface area contributed by atoms with Gasteiger partial charge >= 0.3 is 0 Å². The summed E-state index contributed by atoms with van der Waals surface area (Å²) >= 11 is 1.72. The van der Waals surface area contributed by atoms with Gasteiger partial charge in [0.1, 0.15) is 0 Å². The first-order valence-electron chi connectivity index (χ1n) is 5.49. The highest BCUT2D eigenvalue weighted by molar-refractivity contribution is 7.98. The Kier molecular flexibility index (Phi) is 4.87. The van der Waals surface area contributed by atoms with Crippen molar-refractivity contribution < 1.29 is 4.79 Å². The van der Waals surface area contributed by atoms with Crippen LogP contribution in [-0.4, -0.2) is 12.2 Å². The third-order valence-electron chi connectivity index (χ3n) is 2.50. The van der Waals surface area contributed by atoms with Crippen LogP contribution in [0.2, 0.25) is 0 Å². The Morgan fingerprint density at radius 1 is 1.19 bits per heavy atom. The van der Waals surface area contributed by atoms with Crippen LogP contribution in [0.1, 0.15) is 32.4 Å². The molecule has 16 heavy (non-hydrogen) atoms. The number of carbonyl (C=O) groups excluding carboxylic acids is 1. The number of amides is 1. The third-order valence-corrected chi connectivity index (χ3v) is 3.24. The highest BCUT2D eigenvalue weighted by atomic mass is 32.2. The van der Waals surface area contributed by atoms with Crippen LogP contribution < -0.4 is 5.32 Å². The smallest absolute Gasteiger partial charge is 0.223 e. The molecule has 1 atom stereocenters. The van der Waals surface area contributed by atoms with E-state index in [1.807, 2.05) is 20.8 Å². The standard InChI is InChI=1S/C13H19NOS/c1-9(2)13(15)14-10(3)11-5-7-12(16-4)8-6-11/h5-10H,1-4H3,(H,14,15)/t10-/m0/s1. The van der Waals surface area contributed by atoms with Gasteiger partial charge in [-0.2, -0.15) is 0 Å². The number of carbonyl (C=O) groups is 1. The molecule has 0 radical (unpaired) electrons. The topological polar surface area (TPSA) is 29.1 Å². The van der Waals surface area contributed by atoms with Crippen molar-refractivity contribution in [1.29, 1.82) is 0 Å². The van der Waals surface area contributed by atoms with Gasteiger partial charge in [0, 0.05) is 10.8 Å². The average molecular weight is 237 g/mol. The summed E-state index contributed by atoms with van der Waals surface area (Å²) in [4.78, 5) is 12.8. The molecule has 0 aliphatic rings. The molecule has 0 aliphatic carbocycles. The number of rotatable bonds is 4. The molecule has 2 nitrogen and oxygen atoms in total. The Morgan fingerprint density at radius 2 is 1.75 bits per heavy atom. The van der Waals surface area contributed by atoms with Gasteiger partial charge in [0.05, 0.1) is 6.04 Å². The van der Waals surface area contributed by atoms with E-state index in [2.05, 4.69) is 35.8 Å². The van der Waals surface area contributed by atoms with Gasteiger partial charge in [-0.15, -0.1) is 11.8 Å². The van der Waals surface area contributed by atoms with Gasteiger partial charge < -0.3 is 5.32 Å². The van der Waals surface area contributed by atoms with Crippen LogP contribution in [0.3, 0.4) is 0 Å². The summed E-state index contributed by atoms with van der Waals surface area (Å²) in [6, 6.07) is 8.37. The van der Waals surface area contributed by atoms with Gasteiger partial charge in [-0.25, -0.2) is 0 Å².